The molecular weight excluding hydrogens is 295 g/mol. The first-order chi connectivity index (χ1) is 11.1. The van der Waals surface area contributed by atoms with Gasteiger partial charge in [-0.15, -0.1) is 0 Å². The normalized spacial score (nSPS) is 18.0. The van der Waals surface area contributed by atoms with Crippen LogP contribution in [0.15, 0.2) is 59.8 Å². The number of rotatable bonds is 4. The van der Waals surface area contributed by atoms with E-state index in [0.29, 0.717) is 17.7 Å². The van der Waals surface area contributed by atoms with Crippen LogP contribution in [-0.2, 0) is 9.63 Å². The summed E-state index contributed by atoms with van der Waals surface area (Å²) in [6.45, 7) is 1.91. The Labute approximate surface area is 134 Å². The molecule has 4 nitrogen and oxygen atoms in total. The van der Waals surface area contributed by atoms with Crippen LogP contribution in [0.25, 0.3) is 0 Å². The molecule has 1 amide bonds. The van der Waals surface area contributed by atoms with Gasteiger partial charge in [0.05, 0.1) is 11.8 Å². The maximum Gasteiger partial charge on any atom is 0.264 e. The number of carbonyl (C=O) groups is 1. The Morgan fingerprint density at radius 3 is 2.78 bits per heavy atom. The lowest BCUT2D eigenvalue weighted by molar-refractivity contribution is -0.131. The number of nitrogens with zero attached hydrogens (tertiary/aromatic N) is 1. The third-order valence-corrected chi connectivity index (χ3v) is 3.78. The van der Waals surface area contributed by atoms with Crippen LogP contribution in [0.5, 0.6) is 0 Å². The molecule has 0 saturated carbocycles. The van der Waals surface area contributed by atoms with Gasteiger partial charge in [-0.3, -0.25) is 4.79 Å². The fourth-order valence-corrected chi connectivity index (χ4v) is 2.49. The lowest BCUT2D eigenvalue weighted by Crippen LogP contribution is -2.36. The molecule has 1 N–H and O–H groups in total. The Morgan fingerprint density at radius 2 is 2.04 bits per heavy atom. The van der Waals surface area contributed by atoms with Crippen molar-refractivity contribution < 1.29 is 14.0 Å². The first-order valence-electron chi connectivity index (χ1n) is 7.47. The van der Waals surface area contributed by atoms with Crippen molar-refractivity contribution >= 4 is 11.6 Å². The zero-order chi connectivity index (χ0) is 16.2. The van der Waals surface area contributed by atoms with Crippen molar-refractivity contribution in [3.8, 4) is 0 Å². The molecule has 0 radical (unpaired) electrons. The van der Waals surface area contributed by atoms with E-state index in [4.69, 9.17) is 4.84 Å². The minimum Gasteiger partial charge on any atom is -0.382 e. The van der Waals surface area contributed by atoms with Crippen LogP contribution >= 0.6 is 0 Å². The zero-order valence-corrected chi connectivity index (χ0v) is 12.7. The van der Waals surface area contributed by atoms with Crippen LogP contribution in [0.3, 0.4) is 0 Å². The predicted molar refractivity (Wildman–Crippen MR) is 85.4 cm³/mol. The number of hydrogen-bond donors (Lipinski definition) is 1. The molecule has 0 spiro atoms. The molecule has 3 rings (SSSR count). The highest BCUT2D eigenvalue weighted by Crippen LogP contribution is 2.19. The van der Waals surface area contributed by atoms with Crippen molar-refractivity contribution in [2.24, 2.45) is 5.16 Å². The summed E-state index contributed by atoms with van der Waals surface area (Å²) in [4.78, 5) is 17.5. The lowest BCUT2D eigenvalue weighted by Gasteiger charge is -2.16. The smallest absolute Gasteiger partial charge is 0.264 e. The summed E-state index contributed by atoms with van der Waals surface area (Å²) in [5, 5.41) is 6.83. The molecule has 1 aliphatic heterocycles. The summed E-state index contributed by atoms with van der Waals surface area (Å²) in [5.74, 6) is -0.563. The Hall–Kier alpha value is -2.69. The number of halogens is 1. The molecule has 1 aliphatic rings. The quantitative estimate of drug-likeness (QED) is 0.942. The number of benzene rings is 2. The van der Waals surface area contributed by atoms with Crippen LogP contribution in [-0.4, -0.2) is 17.7 Å². The van der Waals surface area contributed by atoms with E-state index >= 15 is 0 Å². The topological polar surface area (TPSA) is 50.7 Å². The molecule has 2 aromatic carbocycles. The summed E-state index contributed by atoms with van der Waals surface area (Å²) in [5.41, 5.74) is 2.23. The van der Waals surface area contributed by atoms with Gasteiger partial charge in [0, 0.05) is 12.0 Å². The van der Waals surface area contributed by atoms with Gasteiger partial charge in [-0.25, -0.2) is 4.39 Å². The molecule has 0 saturated heterocycles. The van der Waals surface area contributed by atoms with E-state index in [-0.39, 0.29) is 17.8 Å². The van der Waals surface area contributed by atoms with Gasteiger partial charge >= 0.3 is 0 Å². The molecule has 2 atom stereocenters. The van der Waals surface area contributed by atoms with Crippen molar-refractivity contribution in [1.82, 2.24) is 5.32 Å². The van der Waals surface area contributed by atoms with E-state index < -0.39 is 6.10 Å². The van der Waals surface area contributed by atoms with Crippen LogP contribution < -0.4 is 5.32 Å². The second-order valence-corrected chi connectivity index (χ2v) is 5.49. The summed E-state index contributed by atoms with van der Waals surface area (Å²) in [6, 6.07) is 15.7. The van der Waals surface area contributed by atoms with Crippen molar-refractivity contribution in [3.05, 3.63) is 71.5 Å². The number of amides is 1. The Kier molecular flexibility index (Phi) is 4.37. The third-order valence-electron chi connectivity index (χ3n) is 3.78. The minimum atomic E-state index is -0.681. The molecule has 2 aromatic rings. The van der Waals surface area contributed by atoms with Crippen LogP contribution in [0.4, 0.5) is 4.39 Å². The molecule has 0 unspecified atom stereocenters. The molecule has 0 aromatic heterocycles. The summed E-state index contributed by atoms with van der Waals surface area (Å²) < 4.78 is 13.3. The van der Waals surface area contributed by atoms with Crippen molar-refractivity contribution in [2.45, 2.75) is 25.5 Å². The molecule has 0 bridgehead atoms. The number of carbonyl (C=O) groups excluding carboxylic acids is 1. The maximum absolute atomic E-state index is 13.3. The zero-order valence-electron chi connectivity index (χ0n) is 12.7. The Balaban J connectivity index is 1.60. The fourth-order valence-electron chi connectivity index (χ4n) is 2.49. The van der Waals surface area contributed by atoms with Crippen LogP contribution in [0, 0.1) is 5.82 Å². The van der Waals surface area contributed by atoms with Crippen molar-refractivity contribution in [1.29, 1.82) is 0 Å². The summed E-state index contributed by atoms with van der Waals surface area (Å²) in [6.07, 6.45) is -0.351. The molecular formula is C18H17FN2O2. The highest BCUT2D eigenvalue weighted by molar-refractivity contribution is 6.04. The van der Waals surface area contributed by atoms with Gasteiger partial charge < -0.3 is 10.2 Å². The average molecular weight is 312 g/mol. The van der Waals surface area contributed by atoms with Crippen molar-refractivity contribution in [3.63, 3.8) is 0 Å². The van der Waals surface area contributed by atoms with Crippen molar-refractivity contribution in [2.75, 3.05) is 0 Å². The molecule has 5 heteroatoms. The standard InChI is InChI=1S/C18H17FN2O2/c1-12(13-6-3-2-4-7-13)20-18(22)17-11-16(21-23-17)14-8-5-9-15(19)10-14/h2-10,12,17H,11H2,1H3,(H,20,22)/t12-,17+/m0/s1. The van der Waals surface area contributed by atoms with Gasteiger partial charge in [0.1, 0.15) is 5.82 Å². The van der Waals surface area contributed by atoms with E-state index in [1.54, 1.807) is 12.1 Å². The molecule has 23 heavy (non-hydrogen) atoms. The number of nitrogens with one attached hydrogen (secondary N) is 1. The largest absolute Gasteiger partial charge is 0.382 e. The highest BCUT2D eigenvalue weighted by Gasteiger charge is 2.29. The van der Waals surface area contributed by atoms with Gasteiger partial charge in [0.2, 0.25) is 6.10 Å². The van der Waals surface area contributed by atoms with E-state index in [0.717, 1.165) is 5.56 Å². The number of hydrogen-bond acceptors (Lipinski definition) is 3. The summed E-state index contributed by atoms with van der Waals surface area (Å²) in [7, 11) is 0. The van der Waals surface area contributed by atoms with E-state index in [9.17, 15) is 9.18 Å². The first-order valence-corrected chi connectivity index (χ1v) is 7.47. The summed E-state index contributed by atoms with van der Waals surface area (Å²) >= 11 is 0. The molecule has 118 valence electrons. The Bertz CT molecular complexity index is 731. The second-order valence-electron chi connectivity index (χ2n) is 5.49. The predicted octanol–water partition coefficient (Wildman–Crippen LogP) is 3.20. The highest BCUT2D eigenvalue weighted by atomic mass is 19.1. The van der Waals surface area contributed by atoms with E-state index in [1.165, 1.54) is 12.1 Å². The van der Waals surface area contributed by atoms with Crippen LogP contribution in [0.2, 0.25) is 0 Å². The first kappa shape index (κ1) is 15.2. The monoisotopic (exact) mass is 312 g/mol. The lowest BCUT2D eigenvalue weighted by atomic mass is 10.0. The SMILES string of the molecule is C[C@H](NC(=O)[C@H]1CC(c2cccc(F)c2)=NO1)c1ccccc1. The van der Waals surface area contributed by atoms with Gasteiger partial charge in [-0.1, -0.05) is 47.6 Å². The van der Waals surface area contributed by atoms with E-state index in [2.05, 4.69) is 10.5 Å². The third kappa shape index (κ3) is 3.56. The number of oxime groups is 1. The second kappa shape index (κ2) is 6.60. The molecule has 0 fully saturated rings. The molecule has 0 aliphatic carbocycles. The van der Waals surface area contributed by atoms with E-state index in [1.807, 2.05) is 37.3 Å². The fraction of sp³-hybridized carbons (Fsp3) is 0.222. The average Bonchev–Trinajstić information content (AvgIpc) is 3.06. The van der Waals surface area contributed by atoms with Crippen LogP contribution in [0.1, 0.15) is 30.5 Å². The van der Waals surface area contributed by atoms with Gasteiger partial charge in [0.15, 0.2) is 0 Å². The maximum atomic E-state index is 13.3. The Morgan fingerprint density at radius 1 is 1.26 bits per heavy atom. The van der Waals surface area contributed by atoms with Gasteiger partial charge in [-0.05, 0) is 24.6 Å². The van der Waals surface area contributed by atoms with Gasteiger partial charge in [0.25, 0.3) is 5.91 Å². The minimum absolute atomic E-state index is 0.120. The molecule has 1 heterocycles. The van der Waals surface area contributed by atoms with Gasteiger partial charge in [-0.2, -0.15) is 0 Å².